The van der Waals surface area contributed by atoms with Gasteiger partial charge in [0, 0.05) is 24.2 Å². The van der Waals surface area contributed by atoms with E-state index in [4.69, 9.17) is 5.11 Å². The lowest BCUT2D eigenvalue weighted by Crippen LogP contribution is -2.39. The zero-order chi connectivity index (χ0) is 15.5. The highest BCUT2D eigenvalue weighted by atomic mass is 32.2. The maximum atomic E-state index is 11.6. The highest BCUT2D eigenvalue weighted by molar-refractivity contribution is 8.01. The van der Waals surface area contributed by atoms with Crippen LogP contribution in [0.5, 0.6) is 0 Å². The molecule has 1 aromatic rings. The maximum Gasteiger partial charge on any atom is 0.309 e. The van der Waals surface area contributed by atoms with E-state index in [-0.39, 0.29) is 6.42 Å². The number of thioether (sulfide) groups is 1. The van der Waals surface area contributed by atoms with Crippen LogP contribution in [0.1, 0.15) is 18.5 Å². The van der Waals surface area contributed by atoms with Gasteiger partial charge in [0.15, 0.2) is 0 Å². The lowest BCUT2D eigenvalue weighted by molar-refractivity contribution is -0.136. The Labute approximate surface area is 132 Å². The average molecular weight is 350 g/mol. The third-order valence-electron chi connectivity index (χ3n) is 3.26. The van der Waals surface area contributed by atoms with E-state index in [1.807, 2.05) is 0 Å². The number of hydrogen-bond acceptors (Lipinski definition) is 6. The van der Waals surface area contributed by atoms with Gasteiger partial charge in [-0.2, -0.15) is 0 Å². The van der Waals surface area contributed by atoms with Crippen molar-refractivity contribution in [1.82, 2.24) is 9.29 Å². The van der Waals surface area contributed by atoms with E-state index in [0.717, 1.165) is 22.9 Å². The van der Waals surface area contributed by atoms with E-state index in [0.29, 0.717) is 24.7 Å². The number of carboxylic acids is 1. The second kappa shape index (κ2) is 7.08. The molecule has 0 aliphatic carbocycles. The minimum Gasteiger partial charge on any atom is -0.481 e. The highest BCUT2D eigenvalue weighted by Crippen LogP contribution is 2.28. The predicted molar refractivity (Wildman–Crippen MR) is 83.3 cm³/mol. The minimum atomic E-state index is -3.11. The van der Waals surface area contributed by atoms with E-state index in [1.54, 1.807) is 21.4 Å². The Bertz CT molecular complexity index is 599. The van der Waals surface area contributed by atoms with Crippen molar-refractivity contribution in [3.05, 3.63) is 11.1 Å². The number of aromatic nitrogens is 1. The molecule has 1 aromatic heterocycles. The minimum absolute atomic E-state index is 0.0532. The van der Waals surface area contributed by atoms with Crippen molar-refractivity contribution < 1.29 is 18.3 Å². The molecule has 9 heteroatoms. The van der Waals surface area contributed by atoms with Crippen LogP contribution in [0.2, 0.25) is 0 Å². The summed E-state index contributed by atoms with van der Waals surface area (Å²) in [5.74, 6) is 0.254. The van der Waals surface area contributed by atoms with Gasteiger partial charge in [-0.1, -0.05) is 11.8 Å². The number of sulfonamides is 1. The number of piperidine rings is 1. The first-order valence-electron chi connectivity index (χ1n) is 6.58. The zero-order valence-electron chi connectivity index (χ0n) is 11.7. The van der Waals surface area contributed by atoms with Gasteiger partial charge in [-0.05, 0) is 18.8 Å². The molecule has 1 saturated heterocycles. The molecular weight excluding hydrogens is 332 g/mol. The van der Waals surface area contributed by atoms with Gasteiger partial charge in [-0.25, -0.2) is 17.7 Å². The summed E-state index contributed by atoms with van der Waals surface area (Å²) < 4.78 is 25.5. The van der Waals surface area contributed by atoms with E-state index >= 15 is 0 Å². The number of nitrogens with zero attached hydrogens (tertiary/aromatic N) is 2. The fourth-order valence-corrected chi connectivity index (χ4v) is 5.18. The van der Waals surface area contributed by atoms with Gasteiger partial charge in [-0.3, -0.25) is 4.79 Å². The highest BCUT2D eigenvalue weighted by Gasteiger charge is 2.26. The normalized spacial score (nSPS) is 20.5. The van der Waals surface area contributed by atoms with Crippen molar-refractivity contribution in [3.8, 4) is 0 Å². The molecule has 2 heterocycles. The summed E-state index contributed by atoms with van der Waals surface area (Å²) in [4.78, 5) is 14.9. The molecule has 0 radical (unpaired) electrons. The summed E-state index contributed by atoms with van der Waals surface area (Å²) in [6.07, 6.45) is 3.11. The lowest BCUT2D eigenvalue weighted by atomic mass is 10.0. The lowest BCUT2D eigenvalue weighted by Gasteiger charge is -2.30. The molecule has 0 bridgehead atoms. The van der Waals surface area contributed by atoms with Crippen LogP contribution in [0, 0.1) is 5.92 Å². The van der Waals surface area contributed by atoms with E-state index < -0.39 is 16.0 Å². The molecule has 0 spiro atoms. The third kappa shape index (κ3) is 5.24. The van der Waals surface area contributed by atoms with Crippen LogP contribution in [0.25, 0.3) is 0 Å². The summed E-state index contributed by atoms with van der Waals surface area (Å²) in [5.41, 5.74) is 0.580. The first-order chi connectivity index (χ1) is 9.84. The second-order valence-electron chi connectivity index (χ2n) is 5.12. The standard InChI is InChI=1S/C12H18N2O4S3/c1-21(17,18)14-4-2-3-9(6-14)7-19-12-13-10(8-20-12)5-11(15)16/h8-9H,2-7H2,1H3,(H,15,16). The van der Waals surface area contributed by atoms with Crippen molar-refractivity contribution in [2.75, 3.05) is 25.1 Å². The molecule has 1 N–H and O–H groups in total. The fraction of sp³-hybridized carbons (Fsp3) is 0.667. The van der Waals surface area contributed by atoms with E-state index in [2.05, 4.69) is 4.98 Å². The number of carboxylic acid groups (broad SMARTS) is 1. The molecule has 21 heavy (non-hydrogen) atoms. The Hall–Kier alpha value is -0.640. The molecular formula is C12H18N2O4S3. The molecule has 118 valence electrons. The van der Waals surface area contributed by atoms with Gasteiger partial charge in [0.25, 0.3) is 0 Å². The monoisotopic (exact) mass is 350 g/mol. The number of aliphatic carboxylic acids is 1. The largest absolute Gasteiger partial charge is 0.481 e. The summed E-state index contributed by atoms with van der Waals surface area (Å²) in [7, 11) is -3.11. The molecule has 0 aromatic carbocycles. The second-order valence-corrected chi connectivity index (χ2v) is 9.22. The molecule has 2 rings (SSSR count). The van der Waals surface area contributed by atoms with Gasteiger partial charge in [0.1, 0.15) is 4.34 Å². The molecule has 1 aliphatic rings. The summed E-state index contributed by atoms with van der Waals surface area (Å²) in [6.45, 7) is 1.18. The van der Waals surface area contributed by atoms with Crippen LogP contribution in [0.3, 0.4) is 0 Å². The zero-order valence-corrected chi connectivity index (χ0v) is 14.1. The summed E-state index contributed by atoms with van der Waals surface area (Å²) >= 11 is 3.02. The fourth-order valence-electron chi connectivity index (χ4n) is 2.24. The number of rotatable bonds is 6. The Morgan fingerprint density at radius 2 is 2.38 bits per heavy atom. The molecule has 0 amide bonds. The van der Waals surface area contributed by atoms with Crippen LogP contribution < -0.4 is 0 Å². The Balaban J connectivity index is 1.85. The van der Waals surface area contributed by atoms with Gasteiger partial charge in [-0.15, -0.1) is 11.3 Å². The first kappa shape index (κ1) is 16.7. The summed E-state index contributed by atoms with van der Waals surface area (Å²) in [6, 6.07) is 0. The van der Waals surface area contributed by atoms with Gasteiger partial charge < -0.3 is 5.11 Å². The Morgan fingerprint density at radius 1 is 1.62 bits per heavy atom. The SMILES string of the molecule is CS(=O)(=O)N1CCCC(CSc2nc(CC(=O)O)cs2)C1. The predicted octanol–water partition coefficient (Wildman–Crippen LogP) is 1.53. The van der Waals surface area contributed by atoms with Crippen molar-refractivity contribution in [1.29, 1.82) is 0 Å². The number of thiazole rings is 1. The Kier molecular flexibility index (Phi) is 5.64. The van der Waals surface area contributed by atoms with Crippen LogP contribution in [-0.2, 0) is 21.2 Å². The molecule has 0 saturated carbocycles. The molecule has 1 atom stereocenters. The van der Waals surface area contributed by atoms with Crippen LogP contribution in [0.4, 0.5) is 0 Å². The molecule has 1 fully saturated rings. The average Bonchev–Trinajstić information content (AvgIpc) is 2.82. The molecule has 1 aliphatic heterocycles. The smallest absolute Gasteiger partial charge is 0.309 e. The van der Waals surface area contributed by atoms with Crippen molar-refractivity contribution >= 4 is 39.1 Å². The molecule has 6 nitrogen and oxygen atoms in total. The van der Waals surface area contributed by atoms with Crippen molar-refractivity contribution in [2.24, 2.45) is 5.92 Å². The van der Waals surface area contributed by atoms with Gasteiger partial charge >= 0.3 is 5.97 Å². The van der Waals surface area contributed by atoms with E-state index in [1.165, 1.54) is 17.6 Å². The Morgan fingerprint density at radius 3 is 3.05 bits per heavy atom. The number of carbonyl (C=O) groups is 1. The topological polar surface area (TPSA) is 87.6 Å². The van der Waals surface area contributed by atoms with Gasteiger partial charge in [0.05, 0.1) is 18.4 Å². The molecule has 1 unspecified atom stereocenters. The van der Waals surface area contributed by atoms with Crippen LogP contribution in [0.15, 0.2) is 9.72 Å². The van der Waals surface area contributed by atoms with Crippen LogP contribution in [-0.4, -0.2) is 53.9 Å². The maximum absolute atomic E-state index is 11.6. The van der Waals surface area contributed by atoms with Crippen molar-refractivity contribution in [3.63, 3.8) is 0 Å². The van der Waals surface area contributed by atoms with Crippen molar-refractivity contribution in [2.45, 2.75) is 23.6 Å². The quantitative estimate of drug-likeness (QED) is 0.783. The third-order valence-corrected chi connectivity index (χ3v) is 6.83. The first-order valence-corrected chi connectivity index (χ1v) is 10.3. The summed E-state index contributed by atoms with van der Waals surface area (Å²) in [5, 5.41) is 10.5. The number of hydrogen-bond donors (Lipinski definition) is 1. The van der Waals surface area contributed by atoms with Gasteiger partial charge in [0.2, 0.25) is 10.0 Å². The van der Waals surface area contributed by atoms with Crippen LogP contribution >= 0.6 is 23.1 Å². The van der Waals surface area contributed by atoms with E-state index in [9.17, 15) is 13.2 Å².